The van der Waals surface area contributed by atoms with Crippen LogP contribution in [0, 0.1) is 6.92 Å². The molecule has 0 spiro atoms. The lowest BCUT2D eigenvalue weighted by Gasteiger charge is -2.11. The molecule has 2 N–H and O–H groups in total. The Hall–Kier alpha value is -2.35. The average molecular weight is 341 g/mol. The third-order valence-corrected chi connectivity index (χ3v) is 3.97. The molecule has 8 heteroatoms. The number of methoxy groups -OCH3 is 1. The molecule has 1 aromatic rings. The van der Waals surface area contributed by atoms with Crippen LogP contribution < -0.4 is 5.73 Å². The molecule has 1 rings (SSSR count). The van der Waals surface area contributed by atoms with Crippen molar-refractivity contribution >= 4 is 34.9 Å². The first-order valence-electron chi connectivity index (χ1n) is 6.89. The lowest BCUT2D eigenvalue weighted by molar-refractivity contribution is -0.146. The highest BCUT2D eigenvalue weighted by molar-refractivity contribution is 7.11. The smallest absolute Gasteiger partial charge is 0.347 e. The molecule has 0 aliphatic heterocycles. The zero-order chi connectivity index (χ0) is 17.6. The molecular weight excluding hydrogens is 322 g/mol. The predicted molar refractivity (Wildman–Crippen MR) is 84.8 cm³/mol. The molecule has 0 saturated heterocycles. The Labute approximate surface area is 138 Å². The highest BCUT2D eigenvalue weighted by Gasteiger charge is 2.29. The van der Waals surface area contributed by atoms with Gasteiger partial charge in [-0.25, -0.2) is 14.4 Å². The molecule has 0 aliphatic carbocycles. The molecule has 0 aromatic carbocycles. The van der Waals surface area contributed by atoms with Crippen LogP contribution in [0.15, 0.2) is 11.0 Å². The summed E-state index contributed by atoms with van der Waals surface area (Å²) in [6.45, 7) is 5.05. The van der Waals surface area contributed by atoms with Crippen molar-refractivity contribution in [2.75, 3.05) is 20.3 Å². The van der Waals surface area contributed by atoms with E-state index in [1.807, 2.05) is 0 Å². The van der Waals surface area contributed by atoms with Gasteiger partial charge in [0.25, 0.3) is 0 Å². The second-order valence-corrected chi connectivity index (χ2v) is 5.22. The number of nitrogens with two attached hydrogens (primary N) is 1. The van der Waals surface area contributed by atoms with Crippen LogP contribution in [0.2, 0.25) is 0 Å². The van der Waals surface area contributed by atoms with Gasteiger partial charge in [-0.1, -0.05) is 0 Å². The maximum absolute atomic E-state index is 12.1. The third kappa shape index (κ3) is 4.10. The average Bonchev–Trinajstić information content (AvgIpc) is 2.89. The van der Waals surface area contributed by atoms with Gasteiger partial charge in [-0.15, -0.1) is 11.3 Å². The van der Waals surface area contributed by atoms with E-state index in [0.717, 1.165) is 11.3 Å². The van der Waals surface area contributed by atoms with Crippen molar-refractivity contribution in [3.05, 3.63) is 27.0 Å². The molecule has 0 bridgehead atoms. The summed E-state index contributed by atoms with van der Waals surface area (Å²) in [5.74, 6) is -2.40. The lowest BCUT2D eigenvalue weighted by Crippen LogP contribution is -2.23. The van der Waals surface area contributed by atoms with E-state index in [0.29, 0.717) is 5.56 Å². The predicted octanol–water partition coefficient (Wildman–Crippen LogP) is 1.64. The van der Waals surface area contributed by atoms with Gasteiger partial charge in [0, 0.05) is 0 Å². The van der Waals surface area contributed by atoms with Gasteiger partial charge in [-0.2, -0.15) is 0 Å². The van der Waals surface area contributed by atoms with Crippen molar-refractivity contribution in [2.45, 2.75) is 20.8 Å². The first-order chi connectivity index (χ1) is 10.9. The van der Waals surface area contributed by atoms with Gasteiger partial charge in [0.2, 0.25) is 0 Å². The van der Waals surface area contributed by atoms with Gasteiger partial charge in [0.15, 0.2) is 5.57 Å². The van der Waals surface area contributed by atoms with Gasteiger partial charge in [0.1, 0.15) is 0 Å². The van der Waals surface area contributed by atoms with Crippen molar-refractivity contribution in [1.29, 1.82) is 0 Å². The number of esters is 3. The summed E-state index contributed by atoms with van der Waals surface area (Å²) in [4.78, 5) is 36.3. The number of rotatable bonds is 6. The molecule has 0 radical (unpaired) electrons. The fraction of sp³-hybridized carbons (Fsp3) is 0.400. The van der Waals surface area contributed by atoms with E-state index in [1.165, 1.54) is 7.11 Å². The number of hydrogen-bond acceptors (Lipinski definition) is 8. The Balaban J connectivity index is 3.50. The molecule has 0 fully saturated rings. The zero-order valence-electron chi connectivity index (χ0n) is 13.4. The van der Waals surface area contributed by atoms with E-state index in [2.05, 4.69) is 0 Å². The maximum Gasteiger partial charge on any atom is 0.347 e. The van der Waals surface area contributed by atoms with E-state index < -0.39 is 23.5 Å². The summed E-state index contributed by atoms with van der Waals surface area (Å²) in [7, 11) is 1.24. The SMILES string of the molecule is CCOC(=O)C(C(=O)OCC)=C(N)c1scc(C)c1C(=O)OC. The topological polar surface area (TPSA) is 105 Å². The van der Waals surface area contributed by atoms with E-state index >= 15 is 0 Å². The van der Waals surface area contributed by atoms with Crippen molar-refractivity contribution in [1.82, 2.24) is 0 Å². The minimum atomic E-state index is -0.898. The summed E-state index contributed by atoms with van der Waals surface area (Å²) >= 11 is 1.13. The van der Waals surface area contributed by atoms with Gasteiger partial charge < -0.3 is 19.9 Å². The van der Waals surface area contributed by atoms with Crippen LogP contribution in [0.3, 0.4) is 0 Å². The van der Waals surface area contributed by atoms with Crippen molar-refractivity contribution < 1.29 is 28.6 Å². The Morgan fingerprint density at radius 2 is 1.65 bits per heavy atom. The molecule has 0 aliphatic rings. The molecule has 0 unspecified atom stereocenters. The van der Waals surface area contributed by atoms with Gasteiger partial charge in [-0.05, 0) is 31.7 Å². The number of carbonyl (C=O) groups is 3. The van der Waals surface area contributed by atoms with E-state index in [1.54, 1.807) is 26.2 Å². The summed E-state index contributed by atoms with van der Waals surface area (Å²) in [5.41, 5.74) is 6.23. The Kier molecular flexibility index (Phi) is 6.77. The normalized spacial score (nSPS) is 9.91. The molecule has 0 saturated carbocycles. The fourth-order valence-electron chi connectivity index (χ4n) is 1.82. The van der Waals surface area contributed by atoms with E-state index in [4.69, 9.17) is 19.9 Å². The molecule has 126 valence electrons. The second kappa shape index (κ2) is 8.33. The monoisotopic (exact) mass is 341 g/mol. The van der Waals surface area contributed by atoms with E-state index in [9.17, 15) is 14.4 Å². The zero-order valence-corrected chi connectivity index (χ0v) is 14.2. The third-order valence-electron chi connectivity index (χ3n) is 2.84. The highest BCUT2D eigenvalue weighted by Crippen LogP contribution is 2.29. The Morgan fingerprint density at radius 1 is 1.13 bits per heavy atom. The molecule has 1 aromatic heterocycles. The van der Waals surface area contributed by atoms with Gasteiger partial charge >= 0.3 is 17.9 Å². The minimum Gasteiger partial charge on any atom is -0.465 e. The van der Waals surface area contributed by atoms with Crippen LogP contribution >= 0.6 is 11.3 Å². The van der Waals surface area contributed by atoms with E-state index in [-0.39, 0.29) is 29.4 Å². The van der Waals surface area contributed by atoms with Crippen LogP contribution in [-0.2, 0) is 23.8 Å². The number of hydrogen-bond donors (Lipinski definition) is 1. The summed E-state index contributed by atoms with van der Waals surface area (Å²) in [5, 5.41) is 1.68. The molecule has 7 nitrogen and oxygen atoms in total. The Morgan fingerprint density at radius 3 is 2.09 bits per heavy atom. The van der Waals surface area contributed by atoms with Crippen molar-refractivity contribution in [3.8, 4) is 0 Å². The van der Waals surface area contributed by atoms with Crippen LogP contribution in [0.4, 0.5) is 0 Å². The van der Waals surface area contributed by atoms with Crippen LogP contribution in [-0.4, -0.2) is 38.2 Å². The lowest BCUT2D eigenvalue weighted by atomic mass is 10.1. The number of ether oxygens (including phenoxy) is 3. The summed E-state index contributed by atoms with van der Waals surface area (Å²) in [6.07, 6.45) is 0. The Bertz CT molecular complexity index is 626. The second-order valence-electron chi connectivity index (χ2n) is 4.34. The number of aryl methyl sites for hydroxylation is 1. The fourth-order valence-corrected chi connectivity index (χ4v) is 2.83. The molecular formula is C15H19NO6S. The summed E-state index contributed by atoms with van der Waals surface area (Å²) in [6, 6.07) is 0. The molecule has 23 heavy (non-hydrogen) atoms. The van der Waals surface area contributed by atoms with Gasteiger partial charge in [-0.3, -0.25) is 0 Å². The van der Waals surface area contributed by atoms with Crippen LogP contribution in [0.5, 0.6) is 0 Å². The largest absolute Gasteiger partial charge is 0.465 e. The quantitative estimate of drug-likeness (QED) is 0.276. The number of thiophene rings is 1. The van der Waals surface area contributed by atoms with Crippen molar-refractivity contribution in [2.24, 2.45) is 5.73 Å². The first-order valence-corrected chi connectivity index (χ1v) is 7.77. The molecule has 0 amide bonds. The first kappa shape index (κ1) is 18.7. The van der Waals surface area contributed by atoms with Crippen LogP contribution in [0.1, 0.15) is 34.6 Å². The molecule has 1 heterocycles. The standard InChI is InChI=1S/C15H19NO6S/c1-5-21-14(18)10(15(19)22-6-2)11(16)12-9(13(17)20-4)8(3)7-23-12/h7H,5-6,16H2,1-4H3. The highest BCUT2D eigenvalue weighted by atomic mass is 32.1. The number of carbonyl (C=O) groups excluding carboxylic acids is 3. The van der Waals surface area contributed by atoms with Crippen LogP contribution in [0.25, 0.3) is 5.70 Å². The summed E-state index contributed by atoms with van der Waals surface area (Å²) < 4.78 is 14.4. The van der Waals surface area contributed by atoms with Crippen molar-refractivity contribution in [3.63, 3.8) is 0 Å². The molecule has 0 atom stereocenters. The maximum atomic E-state index is 12.1. The minimum absolute atomic E-state index is 0.0718. The van der Waals surface area contributed by atoms with Gasteiger partial charge in [0.05, 0.1) is 36.5 Å².